The number of anilines is 3. The number of nitrogens with zero attached hydrogens (tertiary/aromatic N) is 1. The van der Waals surface area contributed by atoms with Gasteiger partial charge in [-0.3, -0.25) is 0 Å². The number of hydrogen-bond donors (Lipinski definition) is 0. The highest BCUT2D eigenvalue weighted by Gasteiger charge is 2.28. The van der Waals surface area contributed by atoms with E-state index in [0.717, 1.165) is 22.2 Å². The number of rotatable bonds is 5. The molecule has 0 saturated carbocycles. The van der Waals surface area contributed by atoms with Crippen LogP contribution in [0.3, 0.4) is 0 Å². The summed E-state index contributed by atoms with van der Waals surface area (Å²) in [6.45, 7) is 0. The third-order valence-electron chi connectivity index (χ3n) is 4.24. The molecule has 0 aliphatic carbocycles. The highest BCUT2D eigenvalue weighted by atomic mass is 35.8. The van der Waals surface area contributed by atoms with Gasteiger partial charge in [0, 0.05) is 27.5 Å². The van der Waals surface area contributed by atoms with Crippen LogP contribution in [-0.4, -0.2) is 12.3 Å². The summed E-state index contributed by atoms with van der Waals surface area (Å²) in [6.07, 6.45) is 2.04. The highest BCUT2D eigenvalue weighted by molar-refractivity contribution is 7.98. The molecule has 3 aromatic carbocycles. The Morgan fingerprint density at radius 2 is 1.10 bits per heavy atom. The van der Waals surface area contributed by atoms with Crippen LogP contribution in [0.2, 0.25) is 0 Å². The molecule has 0 amide bonds. The van der Waals surface area contributed by atoms with Gasteiger partial charge in [-0.2, -0.15) is 0 Å². The molecule has 1 nitrogen and oxygen atoms in total. The van der Waals surface area contributed by atoms with Crippen molar-refractivity contribution in [3.8, 4) is 0 Å². The molecular formula is C20H15Cl6NSSi. The molecule has 0 aromatic heterocycles. The second kappa shape index (κ2) is 9.50. The van der Waals surface area contributed by atoms with Gasteiger partial charge < -0.3 is 4.90 Å². The van der Waals surface area contributed by atoms with Crippen molar-refractivity contribution in [1.29, 1.82) is 0 Å². The van der Waals surface area contributed by atoms with Crippen molar-refractivity contribution in [1.82, 2.24) is 0 Å². The molecule has 0 fully saturated rings. The molecule has 0 aliphatic heterocycles. The van der Waals surface area contributed by atoms with Crippen LogP contribution in [0.15, 0.2) is 77.7 Å². The molecular weight excluding hydrogens is 527 g/mol. The zero-order valence-electron chi connectivity index (χ0n) is 15.1. The van der Waals surface area contributed by atoms with Crippen molar-refractivity contribution >= 4 is 108 Å². The fraction of sp³-hybridized carbons (Fsp3) is 0.100. The maximum atomic E-state index is 6.13. The quantitative estimate of drug-likeness (QED) is 0.138. The first-order valence-electron chi connectivity index (χ1n) is 8.38. The Bertz CT molecular complexity index is 893. The Labute approximate surface area is 204 Å². The second-order valence-electron chi connectivity index (χ2n) is 6.12. The van der Waals surface area contributed by atoms with Gasteiger partial charge in [-0.1, -0.05) is 59.1 Å². The maximum absolute atomic E-state index is 6.13. The lowest BCUT2D eigenvalue weighted by Crippen LogP contribution is -2.29. The average molecular weight is 542 g/mol. The zero-order chi connectivity index (χ0) is 21.2. The number of thioether (sulfide) groups is 1. The Balaban J connectivity index is 2.06. The molecule has 0 radical (unpaired) electrons. The summed E-state index contributed by atoms with van der Waals surface area (Å²) in [5, 5.41) is 0.732. The summed E-state index contributed by atoms with van der Waals surface area (Å²) >= 11 is 38.1. The Morgan fingerprint density at radius 1 is 0.690 bits per heavy atom. The van der Waals surface area contributed by atoms with E-state index in [1.54, 1.807) is 23.9 Å². The van der Waals surface area contributed by atoms with Gasteiger partial charge in [-0.15, -0.1) is 45.0 Å². The lowest BCUT2D eigenvalue weighted by Gasteiger charge is -2.26. The van der Waals surface area contributed by atoms with Crippen molar-refractivity contribution in [2.75, 3.05) is 11.2 Å². The lowest BCUT2D eigenvalue weighted by atomic mass is 10.1. The summed E-state index contributed by atoms with van der Waals surface area (Å²) < 4.78 is -1.47. The van der Waals surface area contributed by atoms with E-state index in [0.29, 0.717) is 5.56 Å². The van der Waals surface area contributed by atoms with Crippen LogP contribution < -0.4 is 10.1 Å². The smallest absolute Gasteiger partial charge is 0.311 e. The Kier molecular flexibility index (Phi) is 7.67. The summed E-state index contributed by atoms with van der Waals surface area (Å²) in [6, 6.07) is 20.4. The van der Waals surface area contributed by atoms with Crippen molar-refractivity contribution in [2.24, 2.45) is 0 Å². The van der Waals surface area contributed by atoms with E-state index in [1.165, 1.54) is 4.90 Å². The van der Waals surface area contributed by atoms with Gasteiger partial charge in [0.15, 0.2) is 0 Å². The van der Waals surface area contributed by atoms with Gasteiger partial charge in [0.25, 0.3) is 0 Å². The molecule has 0 aliphatic rings. The minimum atomic E-state index is -2.94. The fourth-order valence-corrected chi connectivity index (χ4v) is 5.24. The SMILES string of the molecule is CSc1ccc(N(c2ccc(C(Cl)(Cl)Cl)cc2)c2ccc([Si](Cl)(Cl)Cl)cc2)cc1. The predicted octanol–water partition coefficient (Wildman–Crippen LogP) is 8.57. The van der Waals surface area contributed by atoms with Gasteiger partial charge in [0.05, 0.1) is 0 Å². The van der Waals surface area contributed by atoms with Crippen LogP contribution in [0.25, 0.3) is 0 Å². The topological polar surface area (TPSA) is 3.24 Å². The normalized spacial score (nSPS) is 12.1. The van der Waals surface area contributed by atoms with Gasteiger partial charge in [-0.25, -0.2) is 0 Å². The molecule has 9 heteroatoms. The van der Waals surface area contributed by atoms with E-state index < -0.39 is 9.80 Å². The third kappa shape index (κ3) is 5.93. The summed E-state index contributed by atoms with van der Waals surface area (Å²) in [5.74, 6) is 0. The summed E-state index contributed by atoms with van der Waals surface area (Å²) in [7, 11) is 0. The summed E-state index contributed by atoms with van der Waals surface area (Å²) in [5.41, 5.74) is 3.43. The van der Waals surface area contributed by atoms with Crippen LogP contribution in [0.4, 0.5) is 17.1 Å². The molecule has 0 N–H and O–H groups in total. The van der Waals surface area contributed by atoms with Gasteiger partial charge in [-0.05, 0) is 60.0 Å². The second-order valence-corrected chi connectivity index (χ2v) is 17.7. The Morgan fingerprint density at radius 3 is 1.48 bits per heavy atom. The molecule has 0 bridgehead atoms. The molecule has 0 saturated heterocycles. The maximum Gasteiger partial charge on any atom is 0.372 e. The van der Waals surface area contributed by atoms with E-state index in [1.807, 2.05) is 42.7 Å². The van der Waals surface area contributed by atoms with Crippen molar-refractivity contribution in [3.05, 3.63) is 78.4 Å². The van der Waals surface area contributed by atoms with E-state index in [2.05, 4.69) is 29.2 Å². The van der Waals surface area contributed by atoms with Crippen molar-refractivity contribution in [3.63, 3.8) is 0 Å². The molecule has 3 rings (SSSR count). The van der Waals surface area contributed by atoms with Gasteiger partial charge in [0.2, 0.25) is 3.79 Å². The highest BCUT2D eigenvalue weighted by Crippen LogP contribution is 2.41. The zero-order valence-corrected chi connectivity index (χ0v) is 21.4. The van der Waals surface area contributed by atoms with Crippen LogP contribution in [-0.2, 0) is 3.79 Å². The monoisotopic (exact) mass is 539 g/mol. The first-order chi connectivity index (χ1) is 13.6. The largest absolute Gasteiger partial charge is 0.372 e. The minimum Gasteiger partial charge on any atom is -0.311 e. The fourth-order valence-electron chi connectivity index (χ4n) is 2.78. The van der Waals surface area contributed by atoms with Crippen molar-refractivity contribution < 1.29 is 0 Å². The van der Waals surface area contributed by atoms with E-state index in [4.69, 9.17) is 68.0 Å². The predicted molar refractivity (Wildman–Crippen MR) is 135 cm³/mol. The molecule has 29 heavy (non-hydrogen) atoms. The van der Waals surface area contributed by atoms with Crippen LogP contribution >= 0.6 is 79.8 Å². The number of benzene rings is 3. The third-order valence-corrected chi connectivity index (χ3v) is 8.59. The molecule has 0 atom stereocenters. The number of halogens is 6. The Hall–Kier alpha value is -0.233. The van der Waals surface area contributed by atoms with Crippen LogP contribution in [0.1, 0.15) is 5.56 Å². The number of hydrogen-bond acceptors (Lipinski definition) is 2. The first-order valence-corrected chi connectivity index (χ1v) is 15.8. The van der Waals surface area contributed by atoms with E-state index >= 15 is 0 Å². The first kappa shape index (κ1) is 23.4. The standard InChI is InChI=1S/C20H15Cl6NSSi/c1-28-18-10-6-16(7-11-18)27(15-4-2-14(3-5-15)20(21,22)23)17-8-12-19(13-9-17)29(24,25)26/h2-13H,1H3. The molecule has 0 unspecified atom stereocenters. The average Bonchev–Trinajstić information content (AvgIpc) is 2.68. The van der Waals surface area contributed by atoms with Crippen molar-refractivity contribution in [2.45, 2.75) is 8.69 Å². The van der Waals surface area contributed by atoms with Crippen LogP contribution in [0, 0.1) is 0 Å². The molecule has 0 spiro atoms. The molecule has 0 heterocycles. The minimum absolute atomic E-state index is 0.599. The summed E-state index contributed by atoms with van der Waals surface area (Å²) in [4.78, 5) is 3.27. The van der Waals surface area contributed by atoms with E-state index in [9.17, 15) is 0 Å². The number of alkyl halides is 3. The van der Waals surface area contributed by atoms with E-state index in [-0.39, 0.29) is 0 Å². The van der Waals surface area contributed by atoms with Gasteiger partial charge >= 0.3 is 6.00 Å². The molecule has 3 aromatic rings. The van der Waals surface area contributed by atoms with Crippen LogP contribution in [0.5, 0.6) is 0 Å². The van der Waals surface area contributed by atoms with Gasteiger partial charge in [0.1, 0.15) is 0 Å². The molecule has 152 valence electrons. The lowest BCUT2D eigenvalue weighted by molar-refractivity contribution is 1.22.